The number of fused-ring (bicyclic) bond motifs is 2. The van der Waals surface area contributed by atoms with Crippen LogP contribution in [-0.2, 0) is 16.4 Å². The molecule has 0 saturated carbocycles. The summed E-state index contributed by atoms with van der Waals surface area (Å²) in [4.78, 5) is 17.2. The molecule has 0 spiro atoms. The normalized spacial score (nSPS) is 25.5. The molecule has 9 heteroatoms. The average molecular weight is 414 g/mol. The number of aliphatic imine (C=N–C) groups is 1. The summed E-state index contributed by atoms with van der Waals surface area (Å²) in [6, 6.07) is 5.13. The van der Waals surface area contributed by atoms with Crippen molar-refractivity contribution in [1.82, 2.24) is 4.90 Å². The maximum atomic E-state index is 12.8. The van der Waals surface area contributed by atoms with Crippen molar-refractivity contribution in [3.8, 4) is 0 Å². The van der Waals surface area contributed by atoms with Crippen LogP contribution in [0.1, 0.15) is 22.3 Å². The summed E-state index contributed by atoms with van der Waals surface area (Å²) in [6.45, 7) is 0. The van der Waals surface area contributed by atoms with Crippen LogP contribution in [0.15, 0.2) is 34.8 Å². The number of carbonyl (C=O) groups excluding carboxylic acids is 1. The molecular formula is C14H12BrN3O3S2. The minimum absolute atomic E-state index is 0.0600. The Balaban J connectivity index is 1.62. The maximum Gasteiger partial charge on any atom is 0.257 e. The molecule has 1 aromatic carbocycles. The van der Waals surface area contributed by atoms with Gasteiger partial charge < -0.3 is 4.90 Å². The van der Waals surface area contributed by atoms with Crippen LogP contribution in [0.2, 0.25) is 0 Å². The van der Waals surface area contributed by atoms with Crippen LogP contribution < -0.4 is 4.72 Å². The van der Waals surface area contributed by atoms with E-state index in [0.29, 0.717) is 22.8 Å². The third-order valence-corrected chi connectivity index (χ3v) is 7.45. The number of amidine groups is 1. The fraction of sp³-hybridized carbons (Fsp3) is 0.286. The molecule has 120 valence electrons. The van der Waals surface area contributed by atoms with Crippen molar-refractivity contribution in [1.29, 1.82) is 0 Å². The Morgan fingerprint density at radius 3 is 3.00 bits per heavy atom. The smallest absolute Gasteiger partial charge is 0.257 e. The molecule has 1 N–H and O–H groups in total. The average Bonchev–Trinajstić information content (AvgIpc) is 3.13. The Kier molecular flexibility index (Phi) is 3.54. The van der Waals surface area contributed by atoms with Crippen molar-refractivity contribution in [2.45, 2.75) is 23.2 Å². The lowest BCUT2D eigenvalue weighted by atomic mass is 10.1. The van der Waals surface area contributed by atoms with Crippen molar-refractivity contribution in [2.75, 3.05) is 4.72 Å². The SMILES string of the molecule is O=C1CCc2ccc(NS(=O)(=O)C3C(Br)N=C4SC=CN43)cc21. The molecule has 0 fully saturated rings. The highest BCUT2D eigenvalue weighted by Gasteiger charge is 2.44. The van der Waals surface area contributed by atoms with E-state index in [1.54, 1.807) is 28.6 Å². The van der Waals surface area contributed by atoms with Crippen LogP contribution in [0.25, 0.3) is 0 Å². The Bertz CT molecular complexity index is 866. The predicted molar refractivity (Wildman–Crippen MR) is 94.1 cm³/mol. The third-order valence-electron chi connectivity index (χ3n) is 3.97. The first-order valence-corrected chi connectivity index (χ1v) is 10.3. The van der Waals surface area contributed by atoms with Gasteiger partial charge in [-0.15, -0.1) is 0 Å². The number of alkyl halides is 1. The summed E-state index contributed by atoms with van der Waals surface area (Å²) >= 11 is 4.71. The minimum Gasteiger partial charge on any atom is -0.305 e. The van der Waals surface area contributed by atoms with Crippen molar-refractivity contribution >= 4 is 54.4 Å². The van der Waals surface area contributed by atoms with E-state index in [1.807, 2.05) is 6.07 Å². The number of nitrogens with zero attached hydrogens (tertiary/aromatic N) is 2. The molecule has 23 heavy (non-hydrogen) atoms. The first-order valence-electron chi connectivity index (χ1n) is 6.97. The molecule has 6 nitrogen and oxygen atoms in total. The molecule has 0 aromatic heterocycles. The van der Waals surface area contributed by atoms with Crippen molar-refractivity contribution < 1.29 is 13.2 Å². The van der Waals surface area contributed by atoms with Crippen LogP contribution in [-0.4, -0.2) is 34.6 Å². The summed E-state index contributed by atoms with van der Waals surface area (Å²) in [7, 11) is -3.71. The van der Waals surface area contributed by atoms with E-state index in [9.17, 15) is 13.2 Å². The zero-order valence-corrected chi connectivity index (χ0v) is 15.0. The number of nitrogens with one attached hydrogen (secondary N) is 1. The van der Waals surface area contributed by atoms with E-state index in [-0.39, 0.29) is 5.78 Å². The van der Waals surface area contributed by atoms with Crippen LogP contribution in [0.3, 0.4) is 0 Å². The van der Waals surface area contributed by atoms with Crippen molar-refractivity contribution in [3.05, 3.63) is 40.9 Å². The van der Waals surface area contributed by atoms with Gasteiger partial charge in [0.15, 0.2) is 16.3 Å². The summed E-state index contributed by atoms with van der Waals surface area (Å²) in [5, 5.41) is 1.60. The first kappa shape index (κ1) is 15.2. The second-order valence-electron chi connectivity index (χ2n) is 5.43. The number of Topliss-reactive ketones (excluding diaryl/α,β-unsaturated/α-hetero) is 1. The van der Waals surface area contributed by atoms with E-state index in [4.69, 9.17) is 0 Å². The van der Waals surface area contributed by atoms with Crippen LogP contribution in [0, 0.1) is 0 Å². The quantitative estimate of drug-likeness (QED) is 0.608. The van der Waals surface area contributed by atoms with Crippen LogP contribution in [0.5, 0.6) is 0 Å². The van der Waals surface area contributed by atoms with Gasteiger partial charge in [-0.2, -0.15) is 0 Å². The van der Waals surface area contributed by atoms with Crippen molar-refractivity contribution in [3.63, 3.8) is 0 Å². The Hall–Kier alpha value is -1.32. The highest BCUT2D eigenvalue weighted by Crippen LogP contribution is 2.36. The Morgan fingerprint density at radius 1 is 1.35 bits per heavy atom. The monoisotopic (exact) mass is 413 g/mol. The fourth-order valence-corrected chi connectivity index (χ4v) is 6.59. The second-order valence-corrected chi connectivity index (χ2v) is 9.02. The summed E-state index contributed by atoms with van der Waals surface area (Å²) in [5.41, 5.74) is 1.99. The molecule has 0 saturated heterocycles. The van der Waals surface area contributed by atoms with E-state index >= 15 is 0 Å². The topological polar surface area (TPSA) is 78.8 Å². The number of hydrogen-bond acceptors (Lipinski definition) is 6. The number of thioether (sulfide) groups is 1. The molecule has 0 amide bonds. The molecule has 2 aliphatic heterocycles. The molecule has 0 bridgehead atoms. The van der Waals surface area contributed by atoms with Gasteiger partial charge in [0, 0.05) is 23.9 Å². The number of ketones is 1. The van der Waals surface area contributed by atoms with Gasteiger partial charge in [0.05, 0.1) is 0 Å². The second kappa shape index (κ2) is 5.35. The molecule has 2 atom stereocenters. The highest BCUT2D eigenvalue weighted by atomic mass is 79.9. The van der Waals surface area contributed by atoms with Gasteiger partial charge in [-0.25, -0.2) is 13.4 Å². The standard InChI is InChI=1S/C14H12BrN3O3S2/c15-12-13(18-5-6-22-14(18)16-12)23(20,21)17-9-3-1-8-2-4-11(19)10(8)7-9/h1,3,5-7,12-13,17H,2,4H2. The predicted octanol–water partition coefficient (Wildman–Crippen LogP) is 2.49. The number of anilines is 1. The number of benzene rings is 1. The zero-order valence-electron chi connectivity index (χ0n) is 11.8. The van der Waals surface area contributed by atoms with E-state index in [1.165, 1.54) is 11.8 Å². The van der Waals surface area contributed by atoms with E-state index in [2.05, 4.69) is 25.6 Å². The third kappa shape index (κ3) is 2.50. The molecule has 3 aliphatic rings. The highest BCUT2D eigenvalue weighted by molar-refractivity contribution is 9.09. The zero-order chi connectivity index (χ0) is 16.2. The fourth-order valence-electron chi connectivity index (χ4n) is 2.90. The number of carbonyl (C=O) groups is 1. The lowest BCUT2D eigenvalue weighted by Crippen LogP contribution is -2.42. The lowest BCUT2D eigenvalue weighted by Gasteiger charge is -2.23. The van der Waals surface area contributed by atoms with Gasteiger partial charge in [0.1, 0.15) is 4.95 Å². The molecule has 4 rings (SSSR count). The van der Waals surface area contributed by atoms with Crippen LogP contribution in [0.4, 0.5) is 5.69 Å². The number of hydrogen-bond donors (Lipinski definition) is 1. The van der Waals surface area contributed by atoms with Gasteiger partial charge in [-0.05, 0) is 29.5 Å². The summed E-state index contributed by atoms with van der Waals surface area (Å²) in [6.07, 6.45) is 2.92. The van der Waals surface area contributed by atoms with Crippen molar-refractivity contribution in [2.24, 2.45) is 4.99 Å². The molecule has 1 aromatic rings. The summed E-state index contributed by atoms with van der Waals surface area (Å²) in [5.74, 6) is 0.0600. The van der Waals surface area contributed by atoms with Gasteiger partial charge in [0.2, 0.25) is 0 Å². The molecule has 1 aliphatic carbocycles. The summed E-state index contributed by atoms with van der Waals surface area (Å²) < 4.78 is 28.1. The largest absolute Gasteiger partial charge is 0.305 e. The van der Waals surface area contributed by atoms with E-state index in [0.717, 1.165) is 12.0 Å². The van der Waals surface area contributed by atoms with Gasteiger partial charge in [-0.3, -0.25) is 9.52 Å². The number of rotatable bonds is 3. The lowest BCUT2D eigenvalue weighted by molar-refractivity contribution is 0.0994. The van der Waals surface area contributed by atoms with Gasteiger partial charge >= 0.3 is 0 Å². The van der Waals surface area contributed by atoms with E-state index < -0.39 is 20.3 Å². The number of halogens is 1. The Morgan fingerprint density at radius 2 is 2.17 bits per heavy atom. The van der Waals surface area contributed by atoms with Crippen LogP contribution >= 0.6 is 27.7 Å². The molecule has 2 unspecified atom stereocenters. The first-order chi connectivity index (χ1) is 11.0. The minimum atomic E-state index is -3.71. The number of aryl methyl sites for hydroxylation is 1. The molecular weight excluding hydrogens is 402 g/mol. The van der Waals surface area contributed by atoms with Gasteiger partial charge in [0.25, 0.3) is 10.0 Å². The maximum absolute atomic E-state index is 12.8. The van der Waals surface area contributed by atoms with Gasteiger partial charge in [-0.1, -0.05) is 33.8 Å². The molecule has 0 radical (unpaired) electrons. The number of sulfonamides is 1. The Labute approximate surface area is 146 Å². The molecule has 2 heterocycles.